The van der Waals surface area contributed by atoms with Gasteiger partial charge in [0.05, 0.1) is 30.7 Å². The molecule has 0 unspecified atom stereocenters. The van der Waals surface area contributed by atoms with Crippen molar-refractivity contribution in [3.63, 3.8) is 0 Å². The van der Waals surface area contributed by atoms with E-state index in [1.807, 2.05) is 60.7 Å². The Morgan fingerprint density at radius 1 is 0.857 bits per heavy atom. The molecule has 1 saturated heterocycles. The van der Waals surface area contributed by atoms with Gasteiger partial charge >= 0.3 is 5.69 Å². The lowest BCUT2D eigenvalue weighted by molar-refractivity contribution is -0.0737. The first-order valence-corrected chi connectivity index (χ1v) is 11.4. The number of ether oxygens (including phenoxy) is 3. The van der Waals surface area contributed by atoms with Crippen molar-refractivity contribution in [3.05, 3.63) is 116 Å². The molecule has 180 valence electrons. The Hall–Kier alpha value is -3.59. The number of aromatic amines is 2. The van der Waals surface area contributed by atoms with Crippen molar-refractivity contribution in [2.75, 3.05) is 6.61 Å². The van der Waals surface area contributed by atoms with Gasteiger partial charge in [-0.2, -0.15) is 0 Å². The van der Waals surface area contributed by atoms with E-state index in [-0.39, 0.29) is 13.2 Å². The van der Waals surface area contributed by atoms with E-state index in [2.05, 4.69) is 9.97 Å². The van der Waals surface area contributed by atoms with Gasteiger partial charge in [-0.05, 0) is 28.8 Å². The Labute approximate surface area is 200 Å². The zero-order valence-electron chi connectivity index (χ0n) is 18.9. The van der Waals surface area contributed by atoms with Crippen LogP contribution in [-0.4, -0.2) is 35.0 Å². The van der Waals surface area contributed by atoms with Crippen molar-refractivity contribution in [2.45, 2.75) is 37.7 Å². The second-order valence-electron chi connectivity index (χ2n) is 8.51. The van der Waals surface area contributed by atoms with Gasteiger partial charge in [0.25, 0.3) is 5.56 Å². The lowest BCUT2D eigenvalue weighted by atomic mass is 10.0. The highest BCUT2D eigenvalue weighted by Crippen LogP contribution is 2.38. The summed E-state index contributed by atoms with van der Waals surface area (Å²) < 4.78 is 33.7. The quantitative estimate of drug-likeness (QED) is 0.404. The summed E-state index contributed by atoms with van der Waals surface area (Å²) in [5, 5.41) is 0.307. The van der Waals surface area contributed by atoms with E-state index >= 15 is 4.39 Å². The van der Waals surface area contributed by atoms with Crippen molar-refractivity contribution in [1.82, 2.24) is 9.97 Å². The largest absolute Gasteiger partial charge is 0.374 e. The Kier molecular flexibility index (Phi) is 6.85. The van der Waals surface area contributed by atoms with E-state index in [4.69, 9.17) is 14.2 Å². The minimum atomic E-state index is -1.48. The molecule has 2 N–H and O–H groups in total. The Bertz CT molecular complexity index is 1390. The van der Waals surface area contributed by atoms with Crippen LogP contribution in [0.4, 0.5) is 4.39 Å². The van der Waals surface area contributed by atoms with E-state index in [0.29, 0.717) is 23.1 Å². The monoisotopic (exact) mass is 476 g/mol. The number of H-pyrrole nitrogens is 2. The highest BCUT2D eigenvalue weighted by molar-refractivity contribution is 5.78. The van der Waals surface area contributed by atoms with Crippen LogP contribution in [0.3, 0.4) is 0 Å². The molecule has 1 aliphatic rings. The number of rotatable bonds is 8. The minimum absolute atomic E-state index is 0.148. The maximum atomic E-state index is 15.8. The fourth-order valence-electron chi connectivity index (χ4n) is 4.31. The summed E-state index contributed by atoms with van der Waals surface area (Å²) in [7, 11) is 0. The smallest absolute Gasteiger partial charge is 0.326 e. The molecule has 5 rings (SSSR count). The molecule has 0 aliphatic carbocycles. The molecule has 1 fully saturated rings. The third kappa shape index (κ3) is 5.24. The minimum Gasteiger partial charge on any atom is -0.374 e. The number of fused-ring (bicyclic) bond motifs is 1. The zero-order valence-corrected chi connectivity index (χ0v) is 18.9. The molecule has 0 spiro atoms. The fraction of sp³-hybridized carbons (Fsp3) is 0.259. The summed E-state index contributed by atoms with van der Waals surface area (Å²) in [5.41, 5.74) is 1.62. The van der Waals surface area contributed by atoms with E-state index in [1.165, 1.54) is 0 Å². The number of benzene rings is 3. The molecule has 1 aromatic heterocycles. The second-order valence-corrected chi connectivity index (χ2v) is 8.51. The molecule has 0 saturated carbocycles. The Morgan fingerprint density at radius 2 is 1.54 bits per heavy atom. The number of nitrogens with one attached hydrogen (secondary N) is 2. The molecule has 4 atom stereocenters. The van der Waals surface area contributed by atoms with Gasteiger partial charge in [-0.1, -0.05) is 66.7 Å². The third-order valence-electron chi connectivity index (χ3n) is 6.06. The molecular formula is C27H25FN2O5. The highest BCUT2D eigenvalue weighted by atomic mass is 19.1. The normalized spacial score (nSPS) is 22.0. The van der Waals surface area contributed by atoms with Crippen molar-refractivity contribution in [1.29, 1.82) is 0 Å². The van der Waals surface area contributed by atoms with Gasteiger partial charge in [0.1, 0.15) is 18.3 Å². The van der Waals surface area contributed by atoms with Crippen molar-refractivity contribution < 1.29 is 18.6 Å². The van der Waals surface area contributed by atoms with Gasteiger partial charge in [0.2, 0.25) is 0 Å². The standard InChI is InChI=1S/C27H25FN2O5/c28-23-24(19-11-12-20-21(13-19)29-27(32)30-26(20)31)35-22(16-33-14-17-7-3-1-4-8-17)25(23)34-15-18-9-5-2-6-10-18/h1-13,22-25H,14-16H2,(H2,29,30,31,32)/t22-,23-,24+,25-/m1/s1. The van der Waals surface area contributed by atoms with E-state index in [0.717, 1.165) is 11.1 Å². The van der Waals surface area contributed by atoms with Gasteiger partial charge in [-0.25, -0.2) is 9.18 Å². The van der Waals surface area contributed by atoms with Crippen LogP contribution in [0.25, 0.3) is 10.9 Å². The van der Waals surface area contributed by atoms with Gasteiger partial charge in [0, 0.05) is 0 Å². The molecule has 7 nitrogen and oxygen atoms in total. The predicted octanol–water partition coefficient (Wildman–Crippen LogP) is 3.80. The van der Waals surface area contributed by atoms with Crippen LogP contribution in [0.1, 0.15) is 22.8 Å². The van der Waals surface area contributed by atoms with Crippen molar-refractivity contribution >= 4 is 10.9 Å². The summed E-state index contributed by atoms with van der Waals surface area (Å²) in [5.74, 6) is 0. The predicted molar refractivity (Wildman–Crippen MR) is 129 cm³/mol. The van der Waals surface area contributed by atoms with Gasteiger partial charge < -0.3 is 19.2 Å². The number of halogens is 1. The molecule has 3 aromatic carbocycles. The fourth-order valence-corrected chi connectivity index (χ4v) is 4.31. The lowest BCUT2D eigenvalue weighted by Crippen LogP contribution is -2.34. The van der Waals surface area contributed by atoms with Gasteiger partial charge in [-0.15, -0.1) is 0 Å². The van der Waals surface area contributed by atoms with Crippen LogP contribution < -0.4 is 11.2 Å². The highest BCUT2D eigenvalue weighted by Gasteiger charge is 2.46. The molecule has 8 heteroatoms. The summed E-state index contributed by atoms with van der Waals surface area (Å²) in [4.78, 5) is 28.5. The lowest BCUT2D eigenvalue weighted by Gasteiger charge is -2.20. The van der Waals surface area contributed by atoms with Crippen LogP contribution in [0.15, 0.2) is 88.5 Å². The van der Waals surface area contributed by atoms with Crippen molar-refractivity contribution in [3.8, 4) is 0 Å². The first kappa shape index (κ1) is 23.2. The molecule has 0 bridgehead atoms. The first-order valence-electron chi connectivity index (χ1n) is 11.4. The Morgan fingerprint density at radius 3 is 2.26 bits per heavy atom. The number of aromatic nitrogens is 2. The van der Waals surface area contributed by atoms with E-state index in [9.17, 15) is 9.59 Å². The van der Waals surface area contributed by atoms with Crippen LogP contribution in [0, 0.1) is 0 Å². The van der Waals surface area contributed by atoms with E-state index in [1.54, 1.807) is 18.2 Å². The average Bonchev–Trinajstić information content (AvgIpc) is 3.18. The van der Waals surface area contributed by atoms with Crippen LogP contribution in [0.5, 0.6) is 0 Å². The molecule has 35 heavy (non-hydrogen) atoms. The molecule has 4 aromatic rings. The SMILES string of the molecule is O=c1[nH]c(=O)c2ccc([C@@H]3O[C@H](COCc4ccccc4)[C@@H](OCc4ccccc4)[C@@H]3F)cc2[nH]1. The Balaban J connectivity index is 1.36. The average molecular weight is 477 g/mol. The molecule has 2 heterocycles. The number of hydrogen-bond acceptors (Lipinski definition) is 5. The van der Waals surface area contributed by atoms with Gasteiger partial charge in [-0.3, -0.25) is 9.78 Å². The molecule has 0 amide bonds. The first-order chi connectivity index (χ1) is 17.1. The van der Waals surface area contributed by atoms with Crippen molar-refractivity contribution in [2.24, 2.45) is 0 Å². The maximum absolute atomic E-state index is 15.8. The molecule has 1 aliphatic heterocycles. The summed E-state index contributed by atoms with van der Waals surface area (Å²) >= 11 is 0. The summed E-state index contributed by atoms with van der Waals surface area (Å²) in [6.07, 6.45) is -3.91. The van der Waals surface area contributed by atoms with Crippen LogP contribution in [0.2, 0.25) is 0 Å². The molecule has 0 radical (unpaired) electrons. The summed E-state index contributed by atoms with van der Waals surface area (Å²) in [6.45, 7) is 0.751. The number of alkyl halides is 1. The molecular weight excluding hydrogens is 451 g/mol. The maximum Gasteiger partial charge on any atom is 0.326 e. The van der Waals surface area contributed by atoms with Crippen LogP contribution in [-0.2, 0) is 27.4 Å². The zero-order chi connectivity index (χ0) is 24.2. The van der Waals surface area contributed by atoms with Gasteiger partial charge in [0.15, 0.2) is 6.17 Å². The van der Waals surface area contributed by atoms with E-state index < -0.39 is 35.7 Å². The summed E-state index contributed by atoms with van der Waals surface area (Å²) in [6, 6.07) is 24.0. The number of hydrogen-bond donors (Lipinski definition) is 2. The third-order valence-corrected chi connectivity index (χ3v) is 6.06. The topological polar surface area (TPSA) is 93.4 Å². The second kappa shape index (κ2) is 10.4. The van der Waals surface area contributed by atoms with Crippen LogP contribution >= 0.6 is 0 Å².